The first-order chi connectivity index (χ1) is 17.5. The zero-order valence-electron chi connectivity index (χ0n) is 22.0. The fourth-order valence-corrected chi connectivity index (χ4v) is 7.47. The van der Waals surface area contributed by atoms with Crippen LogP contribution in [0.1, 0.15) is 65.7 Å². The summed E-state index contributed by atoms with van der Waals surface area (Å²) in [6.07, 6.45) is 6.71. The van der Waals surface area contributed by atoms with Crippen molar-refractivity contribution >= 4 is 29.7 Å². The molecule has 6 atom stereocenters. The first-order valence-corrected chi connectivity index (χ1v) is 13.1. The lowest BCUT2D eigenvalue weighted by Crippen LogP contribution is -2.62. The van der Waals surface area contributed by atoms with Crippen molar-refractivity contribution in [1.82, 2.24) is 0 Å². The Balaban J connectivity index is 1.63. The number of unbranched alkanes of at least 4 members (excludes halogenated alkanes) is 1. The molecule has 0 heterocycles. The van der Waals surface area contributed by atoms with Crippen molar-refractivity contribution in [2.45, 2.75) is 71.3 Å². The van der Waals surface area contributed by atoms with Gasteiger partial charge in [0.1, 0.15) is 5.78 Å². The average molecular weight is 517 g/mol. The first-order valence-electron chi connectivity index (χ1n) is 13.1. The fraction of sp³-hybridized carbons (Fsp3) is 0.679. The van der Waals surface area contributed by atoms with Gasteiger partial charge in [0.15, 0.2) is 18.0 Å². The summed E-state index contributed by atoms with van der Waals surface area (Å²) >= 11 is 0. The average Bonchev–Trinajstić information content (AvgIpc) is 3.15. The number of ketones is 3. The topological polar surface area (TPSA) is 122 Å². The number of methoxy groups -OCH3 is 1. The third kappa shape index (κ3) is 4.40. The Hall–Kier alpha value is -2.97. The maximum atomic E-state index is 13.9. The second kappa shape index (κ2) is 10.1. The van der Waals surface area contributed by atoms with Gasteiger partial charge in [-0.05, 0) is 56.1 Å². The van der Waals surface area contributed by atoms with Gasteiger partial charge in [-0.25, -0.2) is 9.59 Å². The molecule has 0 unspecified atom stereocenters. The number of carbonyl (C=O) groups excluding carboxylic acids is 5. The van der Waals surface area contributed by atoms with E-state index in [0.29, 0.717) is 25.7 Å². The molecule has 9 nitrogen and oxygen atoms in total. The summed E-state index contributed by atoms with van der Waals surface area (Å²) in [5, 5.41) is 0. The molecular weight excluding hydrogens is 480 g/mol. The van der Waals surface area contributed by atoms with Crippen molar-refractivity contribution in [3.8, 4) is 0 Å². The Morgan fingerprint density at radius 1 is 1.08 bits per heavy atom. The minimum absolute atomic E-state index is 0.0210. The molecule has 4 rings (SSSR count). The summed E-state index contributed by atoms with van der Waals surface area (Å²) in [6, 6.07) is 0. The Bertz CT molecular complexity index is 1060. The van der Waals surface area contributed by atoms with Crippen LogP contribution in [0.25, 0.3) is 0 Å². The predicted octanol–water partition coefficient (Wildman–Crippen LogP) is 4.52. The number of allylic oxidation sites excluding steroid dienone is 4. The summed E-state index contributed by atoms with van der Waals surface area (Å²) in [6.45, 7) is 5.33. The van der Waals surface area contributed by atoms with Gasteiger partial charge < -0.3 is 18.9 Å². The highest BCUT2D eigenvalue weighted by Gasteiger charge is 2.70. The lowest BCUT2D eigenvalue weighted by Gasteiger charge is -2.57. The molecule has 0 amide bonds. The van der Waals surface area contributed by atoms with Crippen LogP contribution in [0.2, 0.25) is 0 Å². The fourth-order valence-electron chi connectivity index (χ4n) is 7.47. The van der Waals surface area contributed by atoms with E-state index < -0.39 is 41.1 Å². The molecule has 0 aromatic carbocycles. The molecule has 0 aromatic rings. The number of Topliss-reactive ketones (excluding diaryl/α,β-unsaturated/α-hetero) is 2. The van der Waals surface area contributed by atoms with Gasteiger partial charge in [-0.2, -0.15) is 0 Å². The van der Waals surface area contributed by atoms with E-state index >= 15 is 0 Å². The van der Waals surface area contributed by atoms with Crippen LogP contribution in [-0.4, -0.2) is 55.6 Å². The molecule has 0 bridgehead atoms. The van der Waals surface area contributed by atoms with Gasteiger partial charge in [-0.1, -0.05) is 38.8 Å². The van der Waals surface area contributed by atoms with Crippen molar-refractivity contribution in [2.75, 3.05) is 20.3 Å². The quantitative estimate of drug-likeness (QED) is 0.355. The molecule has 9 heteroatoms. The normalized spacial score (nSPS) is 36.0. The van der Waals surface area contributed by atoms with E-state index in [1.807, 2.05) is 26.8 Å². The molecule has 202 valence electrons. The maximum Gasteiger partial charge on any atom is 0.509 e. The van der Waals surface area contributed by atoms with Gasteiger partial charge in [0.25, 0.3) is 0 Å². The minimum Gasteiger partial charge on any atom is -0.438 e. The summed E-state index contributed by atoms with van der Waals surface area (Å²) in [4.78, 5) is 63.9. The zero-order valence-corrected chi connectivity index (χ0v) is 22.0. The summed E-state index contributed by atoms with van der Waals surface area (Å²) < 4.78 is 20.5. The lowest BCUT2D eigenvalue weighted by molar-refractivity contribution is -0.173. The molecular formula is C28H36O9. The Morgan fingerprint density at radius 2 is 1.84 bits per heavy atom. The number of hydrogen-bond acceptors (Lipinski definition) is 9. The third-order valence-electron chi connectivity index (χ3n) is 9.29. The van der Waals surface area contributed by atoms with Crippen LogP contribution in [0.3, 0.4) is 0 Å². The van der Waals surface area contributed by atoms with Crippen LogP contribution in [-0.2, 0) is 33.3 Å². The van der Waals surface area contributed by atoms with Crippen LogP contribution in [0.5, 0.6) is 0 Å². The van der Waals surface area contributed by atoms with E-state index in [4.69, 9.17) is 18.9 Å². The predicted molar refractivity (Wildman–Crippen MR) is 130 cm³/mol. The second-order valence-corrected chi connectivity index (χ2v) is 11.1. The van der Waals surface area contributed by atoms with Crippen LogP contribution in [0.15, 0.2) is 23.8 Å². The smallest absolute Gasteiger partial charge is 0.438 e. The molecule has 4 aliphatic rings. The van der Waals surface area contributed by atoms with Crippen LogP contribution < -0.4 is 0 Å². The van der Waals surface area contributed by atoms with E-state index in [1.54, 1.807) is 6.08 Å². The molecule has 3 fully saturated rings. The van der Waals surface area contributed by atoms with Crippen LogP contribution in [0, 0.1) is 28.6 Å². The molecule has 37 heavy (non-hydrogen) atoms. The largest absolute Gasteiger partial charge is 0.509 e. The van der Waals surface area contributed by atoms with Gasteiger partial charge in [-0.3, -0.25) is 14.4 Å². The lowest BCUT2D eigenvalue weighted by atomic mass is 9.46. The second-order valence-electron chi connectivity index (χ2n) is 11.1. The van der Waals surface area contributed by atoms with Gasteiger partial charge in [0, 0.05) is 23.2 Å². The number of fused-ring (bicyclic) bond motifs is 5. The van der Waals surface area contributed by atoms with Crippen molar-refractivity contribution in [2.24, 2.45) is 28.6 Å². The Morgan fingerprint density at radius 3 is 2.54 bits per heavy atom. The first kappa shape index (κ1) is 27.1. The van der Waals surface area contributed by atoms with Gasteiger partial charge in [0.2, 0.25) is 5.78 Å². The summed E-state index contributed by atoms with van der Waals surface area (Å²) in [5.74, 6) is -1.16. The molecule has 0 spiro atoms. The van der Waals surface area contributed by atoms with E-state index in [-0.39, 0.29) is 48.8 Å². The maximum absolute atomic E-state index is 13.9. The SMILES string of the molecule is CCCCOC(=O)OCC(=O)[C@@]1(OC(=O)OC)CC[C@H]2[C@@H]3CCC4=CC(=O)C=C[C@]4(C)[C@H]3C(=O)C[C@@]21C. The number of carbonyl (C=O) groups is 5. The Kier molecular flexibility index (Phi) is 7.36. The molecule has 0 saturated heterocycles. The highest BCUT2D eigenvalue weighted by atomic mass is 16.7. The summed E-state index contributed by atoms with van der Waals surface area (Å²) in [7, 11) is 1.16. The minimum atomic E-state index is -1.68. The van der Waals surface area contributed by atoms with Crippen molar-refractivity contribution in [3.05, 3.63) is 23.8 Å². The van der Waals surface area contributed by atoms with Gasteiger partial charge >= 0.3 is 12.3 Å². The highest BCUT2D eigenvalue weighted by molar-refractivity contribution is 6.02. The van der Waals surface area contributed by atoms with Crippen molar-refractivity contribution < 1.29 is 42.9 Å². The van der Waals surface area contributed by atoms with Crippen LogP contribution >= 0.6 is 0 Å². The monoisotopic (exact) mass is 516 g/mol. The third-order valence-corrected chi connectivity index (χ3v) is 9.29. The Labute approximate surface area is 216 Å². The van der Waals surface area contributed by atoms with E-state index in [9.17, 15) is 24.0 Å². The molecule has 0 radical (unpaired) electrons. The van der Waals surface area contributed by atoms with Crippen molar-refractivity contribution in [1.29, 1.82) is 0 Å². The zero-order chi connectivity index (χ0) is 27.0. The molecule has 0 aliphatic heterocycles. The number of rotatable bonds is 7. The molecule has 0 N–H and O–H groups in total. The number of ether oxygens (including phenoxy) is 4. The van der Waals surface area contributed by atoms with Gasteiger partial charge in [0.05, 0.1) is 13.7 Å². The van der Waals surface area contributed by atoms with E-state index in [1.165, 1.54) is 6.08 Å². The molecule has 3 saturated carbocycles. The van der Waals surface area contributed by atoms with Crippen LogP contribution in [0.4, 0.5) is 9.59 Å². The van der Waals surface area contributed by atoms with E-state index in [2.05, 4.69) is 0 Å². The number of hydrogen-bond donors (Lipinski definition) is 0. The molecule has 0 aromatic heterocycles. The standard InChI is InChI=1S/C28H36O9/c1-5-6-13-35-25(33)36-16-22(31)28(37-24(32)34-4)12-10-20-19-8-7-17-14-18(29)9-11-26(17,2)23(19)21(30)15-27(20,28)3/h9,11,14,19-20,23H,5-8,10,12-13,15-16H2,1-4H3/t19-,20-,23+,26-,27-,28-/m0/s1. The highest BCUT2D eigenvalue weighted by Crippen LogP contribution is 2.67. The van der Waals surface area contributed by atoms with Crippen molar-refractivity contribution in [3.63, 3.8) is 0 Å². The van der Waals surface area contributed by atoms with Gasteiger partial charge in [-0.15, -0.1) is 0 Å². The summed E-state index contributed by atoms with van der Waals surface area (Å²) in [5.41, 5.74) is -2.26. The van der Waals surface area contributed by atoms with E-state index in [0.717, 1.165) is 19.1 Å². The molecule has 4 aliphatic carbocycles.